The maximum absolute atomic E-state index is 6.03. The lowest BCUT2D eigenvalue weighted by molar-refractivity contribution is 0.299. The lowest BCUT2D eigenvalue weighted by Gasteiger charge is -2.09. The molecule has 0 N–H and O–H groups in total. The predicted molar refractivity (Wildman–Crippen MR) is 98.7 cm³/mol. The summed E-state index contributed by atoms with van der Waals surface area (Å²) in [4.78, 5) is 4.56. The number of methoxy groups -OCH3 is 1. The molecule has 0 atom stereocenters. The smallest absolute Gasteiger partial charge is 0.226 e. The molecular weight excluding hydrogens is 314 g/mol. The third kappa shape index (κ3) is 2.67. The predicted octanol–water partition coefficient (Wildman–Crippen LogP) is 4.37. The van der Waals surface area contributed by atoms with Crippen LogP contribution in [0.1, 0.15) is 13.3 Å². The van der Waals surface area contributed by atoms with Gasteiger partial charge in [0.05, 0.1) is 30.3 Å². The zero-order valence-electron chi connectivity index (χ0n) is 14.3. The highest BCUT2D eigenvalue weighted by Crippen LogP contribution is 2.32. The van der Waals surface area contributed by atoms with E-state index in [0.29, 0.717) is 6.61 Å². The molecule has 0 radical (unpaired) electrons. The fourth-order valence-corrected chi connectivity index (χ4v) is 2.89. The van der Waals surface area contributed by atoms with Gasteiger partial charge in [-0.2, -0.15) is 9.78 Å². The van der Waals surface area contributed by atoms with E-state index in [2.05, 4.69) is 11.9 Å². The van der Waals surface area contributed by atoms with Crippen molar-refractivity contribution in [3.63, 3.8) is 0 Å². The first-order valence-corrected chi connectivity index (χ1v) is 8.35. The normalized spacial score (nSPS) is 11.1. The van der Waals surface area contributed by atoms with Crippen LogP contribution in [0, 0.1) is 0 Å². The van der Waals surface area contributed by atoms with E-state index in [1.807, 2.05) is 59.4 Å². The largest absolute Gasteiger partial charge is 0.497 e. The summed E-state index contributed by atoms with van der Waals surface area (Å²) in [7, 11) is 1.66. The van der Waals surface area contributed by atoms with Crippen molar-refractivity contribution >= 4 is 21.8 Å². The van der Waals surface area contributed by atoms with E-state index in [0.717, 1.165) is 45.5 Å². The Morgan fingerprint density at radius 3 is 2.56 bits per heavy atom. The van der Waals surface area contributed by atoms with Gasteiger partial charge in [-0.3, -0.25) is 4.98 Å². The number of rotatable bonds is 5. The molecule has 0 spiro atoms. The summed E-state index contributed by atoms with van der Waals surface area (Å²) in [5.41, 5.74) is 2.75. The molecule has 5 heteroatoms. The van der Waals surface area contributed by atoms with Crippen LogP contribution in [0.4, 0.5) is 0 Å². The highest BCUT2D eigenvalue weighted by atomic mass is 16.5. The third-order valence-corrected chi connectivity index (χ3v) is 4.13. The van der Waals surface area contributed by atoms with Crippen LogP contribution in [0.2, 0.25) is 0 Å². The molecule has 0 bridgehead atoms. The number of benzene rings is 2. The van der Waals surface area contributed by atoms with Crippen LogP contribution in [-0.4, -0.2) is 28.5 Å². The molecular formula is C20H19N3O2. The first-order valence-electron chi connectivity index (χ1n) is 8.35. The van der Waals surface area contributed by atoms with Crippen molar-refractivity contribution in [3.8, 4) is 17.3 Å². The minimum atomic E-state index is 0.629. The standard InChI is InChI=1S/C20H19N3O2/c1-3-12-25-20-17-13-21-18-7-5-4-6-16(18)19(17)22-23(20)14-8-10-15(24-2)11-9-14/h4-11,13H,3,12H2,1-2H3. The fourth-order valence-electron chi connectivity index (χ4n) is 2.89. The molecule has 0 amide bonds. The molecule has 0 saturated carbocycles. The van der Waals surface area contributed by atoms with Gasteiger partial charge in [-0.15, -0.1) is 0 Å². The van der Waals surface area contributed by atoms with Crippen molar-refractivity contribution in [1.29, 1.82) is 0 Å². The van der Waals surface area contributed by atoms with Gasteiger partial charge in [0.2, 0.25) is 5.88 Å². The Balaban J connectivity index is 1.95. The lowest BCUT2D eigenvalue weighted by atomic mass is 10.2. The number of pyridine rings is 1. The Morgan fingerprint density at radius 1 is 1.00 bits per heavy atom. The van der Waals surface area contributed by atoms with Gasteiger partial charge in [-0.05, 0) is 36.8 Å². The van der Waals surface area contributed by atoms with Gasteiger partial charge in [0, 0.05) is 11.6 Å². The maximum atomic E-state index is 6.03. The minimum absolute atomic E-state index is 0.629. The number of para-hydroxylation sites is 1. The van der Waals surface area contributed by atoms with Crippen LogP contribution in [0.3, 0.4) is 0 Å². The van der Waals surface area contributed by atoms with E-state index < -0.39 is 0 Å². The van der Waals surface area contributed by atoms with Crippen molar-refractivity contribution in [2.24, 2.45) is 0 Å². The lowest BCUT2D eigenvalue weighted by Crippen LogP contribution is -2.03. The van der Waals surface area contributed by atoms with Crippen LogP contribution < -0.4 is 9.47 Å². The topological polar surface area (TPSA) is 49.2 Å². The molecule has 25 heavy (non-hydrogen) atoms. The first-order chi connectivity index (χ1) is 12.3. The molecule has 0 aliphatic rings. The summed E-state index contributed by atoms with van der Waals surface area (Å²) in [6.07, 6.45) is 2.77. The van der Waals surface area contributed by atoms with Gasteiger partial charge in [-0.25, -0.2) is 0 Å². The Bertz CT molecular complexity index is 1020. The number of fused-ring (bicyclic) bond motifs is 3. The minimum Gasteiger partial charge on any atom is -0.497 e. The van der Waals surface area contributed by atoms with E-state index in [1.165, 1.54) is 0 Å². The molecule has 4 rings (SSSR count). The second kappa shape index (κ2) is 6.43. The second-order valence-electron chi connectivity index (χ2n) is 5.80. The Hall–Kier alpha value is -3.08. The van der Waals surface area contributed by atoms with E-state index in [1.54, 1.807) is 7.11 Å². The van der Waals surface area contributed by atoms with Gasteiger partial charge in [0.25, 0.3) is 0 Å². The summed E-state index contributed by atoms with van der Waals surface area (Å²) in [5.74, 6) is 1.53. The number of nitrogens with zero attached hydrogens (tertiary/aromatic N) is 3. The van der Waals surface area contributed by atoms with Crippen LogP contribution in [0.5, 0.6) is 11.6 Å². The van der Waals surface area contributed by atoms with Crippen molar-refractivity contribution in [3.05, 3.63) is 54.7 Å². The Kier molecular flexibility index (Phi) is 3.98. The zero-order chi connectivity index (χ0) is 17.2. The van der Waals surface area contributed by atoms with Crippen LogP contribution in [0.15, 0.2) is 54.7 Å². The van der Waals surface area contributed by atoms with Gasteiger partial charge < -0.3 is 9.47 Å². The monoisotopic (exact) mass is 333 g/mol. The number of hydrogen-bond acceptors (Lipinski definition) is 4. The summed E-state index contributed by atoms with van der Waals surface area (Å²) < 4.78 is 13.1. The Labute approximate surface area is 145 Å². The maximum Gasteiger partial charge on any atom is 0.226 e. The summed E-state index contributed by atoms with van der Waals surface area (Å²) in [6, 6.07) is 15.8. The quantitative estimate of drug-likeness (QED) is 0.544. The average molecular weight is 333 g/mol. The van der Waals surface area contributed by atoms with E-state index in [4.69, 9.17) is 14.6 Å². The zero-order valence-corrected chi connectivity index (χ0v) is 14.3. The number of aromatic nitrogens is 3. The summed E-state index contributed by atoms with van der Waals surface area (Å²) in [5, 5.41) is 6.77. The third-order valence-electron chi connectivity index (χ3n) is 4.13. The molecule has 0 saturated heterocycles. The molecule has 0 unspecified atom stereocenters. The van der Waals surface area contributed by atoms with Crippen LogP contribution in [0.25, 0.3) is 27.5 Å². The SMILES string of the molecule is CCCOc1c2cnc3ccccc3c2nn1-c1ccc(OC)cc1. The summed E-state index contributed by atoms with van der Waals surface area (Å²) in [6.45, 7) is 2.72. The van der Waals surface area contributed by atoms with Crippen LogP contribution >= 0.6 is 0 Å². The highest BCUT2D eigenvalue weighted by Gasteiger charge is 2.17. The van der Waals surface area contributed by atoms with E-state index >= 15 is 0 Å². The Morgan fingerprint density at radius 2 is 1.80 bits per heavy atom. The van der Waals surface area contributed by atoms with Gasteiger partial charge in [0.15, 0.2) is 0 Å². The molecule has 2 heterocycles. The highest BCUT2D eigenvalue weighted by molar-refractivity contribution is 6.05. The molecule has 4 aromatic rings. The number of hydrogen-bond donors (Lipinski definition) is 0. The molecule has 5 nitrogen and oxygen atoms in total. The van der Waals surface area contributed by atoms with E-state index in [-0.39, 0.29) is 0 Å². The van der Waals surface area contributed by atoms with Gasteiger partial charge >= 0.3 is 0 Å². The number of ether oxygens (including phenoxy) is 2. The molecule has 0 fully saturated rings. The van der Waals surface area contributed by atoms with Crippen molar-refractivity contribution in [2.45, 2.75) is 13.3 Å². The molecule has 2 aromatic heterocycles. The molecule has 2 aromatic carbocycles. The molecule has 126 valence electrons. The summed E-state index contributed by atoms with van der Waals surface area (Å²) >= 11 is 0. The second-order valence-corrected chi connectivity index (χ2v) is 5.80. The van der Waals surface area contributed by atoms with Crippen molar-refractivity contribution < 1.29 is 9.47 Å². The first kappa shape index (κ1) is 15.4. The van der Waals surface area contributed by atoms with Gasteiger partial charge in [0.1, 0.15) is 11.3 Å². The van der Waals surface area contributed by atoms with E-state index in [9.17, 15) is 0 Å². The molecule has 0 aliphatic carbocycles. The van der Waals surface area contributed by atoms with Crippen molar-refractivity contribution in [1.82, 2.24) is 14.8 Å². The average Bonchev–Trinajstić information content (AvgIpc) is 3.05. The molecule has 0 aliphatic heterocycles. The van der Waals surface area contributed by atoms with Gasteiger partial charge in [-0.1, -0.05) is 25.1 Å². The van der Waals surface area contributed by atoms with Crippen molar-refractivity contribution in [2.75, 3.05) is 13.7 Å². The van der Waals surface area contributed by atoms with Crippen LogP contribution in [-0.2, 0) is 0 Å². The fraction of sp³-hybridized carbons (Fsp3) is 0.200.